The van der Waals surface area contributed by atoms with E-state index in [1.807, 2.05) is 59.5 Å². The first kappa shape index (κ1) is 19.3. The van der Waals surface area contributed by atoms with Crippen molar-refractivity contribution in [3.63, 3.8) is 0 Å². The Bertz CT molecular complexity index is 859. The van der Waals surface area contributed by atoms with Gasteiger partial charge in [0.05, 0.1) is 6.42 Å². The van der Waals surface area contributed by atoms with Crippen LogP contribution < -0.4 is 5.32 Å². The van der Waals surface area contributed by atoms with Crippen molar-refractivity contribution in [3.05, 3.63) is 65.2 Å². The van der Waals surface area contributed by atoms with Gasteiger partial charge in [0.2, 0.25) is 5.91 Å². The van der Waals surface area contributed by atoms with E-state index in [4.69, 9.17) is 23.8 Å². The molecule has 0 aromatic heterocycles. The predicted molar refractivity (Wildman–Crippen MR) is 111 cm³/mol. The third-order valence-corrected chi connectivity index (χ3v) is 5.23. The molecule has 2 aromatic rings. The van der Waals surface area contributed by atoms with E-state index >= 15 is 0 Å². The lowest BCUT2D eigenvalue weighted by Gasteiger charge is -2.23. The number of halogens is 1. The highest BCUT2D eigenvalue weighted by Gasteiger charge is 2.41. The van der Waals surface area contributed by atoms with Crippen LogP contribution >= 0.6 is 23.8 Å². The van der Waals surface area contributed by atoms with Crippen LogP contribution in [0.1, 0.15) is 12.0 Å². The number of thiocarbonyl (C=S) groups is 1. The van der Waals surface area contributed by atoms with E-state index in [0.29, 0.717) is 28.8 Å². The maximum absolute atomic E-state index is 12.6. The number of nitrogens with one attached hydrogen (secondary N) is 1. The molecule has 1 unspecified atom stereocenters. The number of nitrogens with zero attached hydrogens (tertiary/aromatic N) is 2. The van der Waals surface area contributed by atoms with Crippen LogP contribution in [0.25, 0.3) is 0 Å². The Morgan fingerprint density at radius 1 is 1.19 bits per heavy atom. The Morgan fingerprint density at radius 3 is 2.63 bits per heavy atom. The van der Waals surface area contributed by atoms with E-state index in [2.05, 4.69) is 5.32 Å². The van der Waals surface area contributed by atoms with Crippen LogP contribution in [0.4, 0.5) is 5.69 Å². The molecule has 5 nitrogen and oxygen atoms in total. The topological polar surface area (TPSA) is 52.7 Å². The summed E-state index contributed by atoms with van der Waals surface area (Å²) in [5.41, 5.74) is 1.76. The quantitative estimate of drug-likeness (QED) is 0.754. The van der Waals surface area contributed by atoms with Gasteiger partial charge in [-0.15, -0.1) is 0 Å². The molecule has 1 saturated heterocycles. The second-order valence-electron chi connectivity index (χ2n) is 6.39. The van der Waals surface area contributed by atoms with Crippen molar-refractivity contribution in [1.82, 2.24) is 9.80 Å². The van der Waals surface area contributed by atoms with Gasteiger partial charge in [-0.3, -0.25) is 14.5 Å². The Balaban J connectivity index is 1.68. The third kappa shape index (κ3) is 4.64. The van der Waals surface area contributed by atoms with Gasteiger partial charge in [0.25, 0.3) is 5.91 Å². The highest BCUT2D eigenvalue weighted by atomic mass is 35.5. The number of benzene rings is 2. The van der Waals surface area contributed by atoms with Gasteiger partial charge < -0.3 is 10.2 Å². The van der Waals surface area contributed by atoms with Crippen molar-refractivity contribution in [1.29, 1.82) is 0 Å². The number of hydrogen-bond donors (Lipinski definition) is 1. The number of amides is 2. The molecule has 2 aromatic carbocycles. The monoisotopic (exact) mass is 401 g/mol. The number of hydrogen-bond acceptors (Lipinski definition) is 3. The first-order valence-corrected chi connectivity index (χ1v) is 9.42. The number of likely N-dealkylation sites (N-methyl/N-ethyl adjacent to an activating group) is 1. The van der Waals surface area contributed by atoms with Crippen LogP contribution in [-0.2, 0) is 16.0 Å². The number of carbonyl (C=O) groups is 2. The van der Waals surface area contributed by atoms with Crippen molar-refractivity contribution >= 4 is 46.4 Å². The first-order chi connectivity index (χ1) is 13.0. The zero-order valence-corrected chi connectivity index (χ0v) is 16.5. The molecule has 0 aliphatic carbocycles. The van der Waals surface area contributed by atoms with Gasteiger partial charge in [-0.25, -0.2) is 0 Å². The lowest BCUT2D eigenvalue weighted by Crippen LogP contribution is -2.39. The molecule has 0 spiro atoms. The molecular weight excluding hydrogens is 382 g/mol. The summed E-state index contributed by atoms with van der Waals surface area (Å²) < 4.78 is 0. The van der Waals surface area contributed by atoms with Crippen LogP contribution in [0.2, 0.25) is 5.02 Å². The molecule has 1 fully saturated rings. The standard InChI is InChI=1S/C20H20ClN3O2S/c1-23-19(26)17(13-18(25)22-16-8-3-2-4-9-16)24(20(23)27)11-10-14-6-5-7-15(21)12-14/h2-9,12,17H,10-11,13H2,1H3,(H,22,25). The van der Waals surface area contributed by atoms with Gasteiger partial charge in [-0.2, -0.15) is 0 Å². The maximum atomic E-state index is 12.6. The van der Waals surface area contributed by atoms with Crippen molar-refractivity contribution in [2.75, 3.05) is 18.9 Å². The lowest BCUT2D eigenvalue weighted by molar-refractivity contribution is -0.130. The SMILES string of the molecule is CN1C(=O)C(CC(=O)Nc2ccccc2)N(CCc2cccc(Cl)c2)C1=S. The zero-order chi connectivity index (χ0) is 19.4. The molecule has 140 valence electrons. The fourth-order valence-corrected chi connectivity index (χ4v) is 3.60. The van der Waals surface area contributed by atoms with Gasteiger partial charge in [-0.05, 0) is 48.5 Å². The maximum Gasteiger partial charge on any atom is 0.251 e. The van der Waals surface area contributed by atoms with E-state index in [-0.39, 0.29) is 18.2 Å². The van der Waals surface area contributed by atoms with E-state index in [0.717, 1.165) is 5.56 Å². The van der Waals surface area contributed by atoms with E-state index in [1.165, 1.54) is 4.90 Å². The number of rotatable bonds is 6. The van der Waals surface area contributed by atoms with Crippen molar-refractivity contribution in [2.45, 2.75) is 18.9 Å². The van der Waals surface area contributed by atoms with Gasteiger partial charge in [0.1, 0.15) is 6.04 Å². The van der Waals surface area contributed by atoms with Crippen LogP contribution in [0.15, 0.2) is 54.6 Å². The lowest BCUT2D eigenvalue weighted by atomic mass is 10.1. The van der Waals surface area contributed by atoms with E-state index in [1.54, 1.807) is 7.05 Å². The van der Waals surface area contributed by atoms with Crippen LogP contribution in [0.5, 0.6) is 0 Å². The van der Waals surface area contributed by atoms with Crippen molar-refractivity contribution < 1.29 is 9.59 Å². The third-order valence-electron chi connectivity index (χ3n) is 4.49. The Morgan fingerprint density at radius 2 is 1.93 bits per heavy atom. The molecule has 1 N–H and O–H groups in total. The molecule has 0 radical (unpaired) electrons. The second-order valence-corrected chi connectivity index (χ2v) is 7.19. The Hall–Kier alpha value is -2.44. The van der Waals surface area contributed by atoms with Crippen LogP contribution in [0.3, 0.4) is 0 Å². The summed E-state index contributed by atoms with van der Waals surface area (Å²) in [6, 6.07) is 16.2. The highest BCUT2D eigenvalue weighted by Crippen LogP contribution is 2.21. The van der Waals surface area contributed by atoms with Crippen LogP contribution in [0, 0.1) is 0 Å². The summed E-state index contributed by atoms with van der Waals surface area (Å²) >= 11 is 11.4. The smallest absolute Gasteiger partial charge is 0.251 e. The summed E-state index contributed by atoms with van der Waals surface area (Å²) in [6.45, 7) is 0.540. The average molecular weight is 402 g/mol. The largest absolute Gasteiger partial charge is 0.336 e. The van der Waals surface area contributed by atoms with Gasteiger partial charge >= 0.3 is 0 Å². The minimum absolute atomic E-state index is 0.0494. The molecular formula is C20H20ClN3O2S. The molecule has 1 aliphatic rings. The Kier molecular flexibility index (Phi) is 6.08. The minimum atomic E-state index is -0.592. The van der Waals surface area contributed by atoms with Crippen LogP contribution in [-0.4, -0.2) is 46.4 Å². The molecule has 1 heterocycles. The average Bonchev–Trinajstić information content (AvgIpc) is 2.85. The normalized spacial score (nSPS) is 16.7. The Labute approximate surface area is 168 Å². The van der Waals surface area contributed by atoms with Gasteiger partial charge in [-0.1, -0.05) is 41.9 Å². The summed E-state index contributed by atoms with van der Waals surface area (Å²) in [4.78, 5) is 28.3. The molecule has 27 heavy (non-hydrogen) atoms. The second kappa shape index (κ2) is 8.50. The summed E-state index contributed by atoms with van der Waals surface area (Å²) in [6.07, 6.45) is 0.729. The first-order valence-electron chi connectivity index (χ1n) is 8.63. The van der Waals surface area contributed by atoms with E-state index in [9.17, 15) is 9.59 Å². The predicted octanol–water partition coefficient (Wildman–Crippen LogP) is 3.34. The molecule has 3 rings (SSSR count). The molecule has 0 saturated carbocycles. The number of carbonyl (C=O) groups excluding carboxylic acids is 2. The summed E-state index contributed by atoms with van der Waals surface area (Å²) in [7, 11) is 1.64. The summed E-state index contributed by atoms with van der Waals surface area (Å²) in [5, 5.41) is 3.94. The summed E-state index contributed by atoms with van der Waals surface area (Å²) in [5.74, 6) is -0.375. The molecule has 2 amide bonds. The van der Waals surface area contributed by atoms with Crippen molar-refractivity contribution in [2.24, 2.45) is 0 Å². The molecule has 0 bridgehead atoms. The minimum Gasteiger partial charge on any atom is -0.336 e. The molecule has 1 atom stereocenters. The van der Waals surface area contributed by atoms with E-state index < -0.39 is 6.04 Å². The van der Waals surface area contributed by atoms with Gasteiger partial charge in [0.15, 0.2) is 5.11 Å². The number of para-hydroxylation sites is 1. The van der Waals surface area contributed by atoms with Crippen molar-refractivity contribution in [3.8, 4) is 0 Å². The zero-order valence-electron chi connectivity index (χ0n) is 14.9. The molecule has 1 aliphatic heterocycles. The molecule has 7 heteroatoms. The number of anilines is 1. The highest BCUT2D eigenvalue weighted by molar-refractivity contribution is 7.80. The fourth-order valence-electron chi connectivity index (χ4n) is 3.08. The van der Waals surface area contributed by atoms with Gasteiger partial charge in [0, 0.05) is 24.3 Å². The fraction of sp³-hybridized carbons (Fsp3) is 0.250.